The normalized spacial score (nSPS) is 20.0. The molecule has 4 nitrogen and oxygen atoms in total. The summed E-state index contributed by atoms with van der Waals surface area (Å²) >= 11 is 0. The molecule has 1 rings (SSSR count). The van der Waals surface area contributed by atoms with Crippen LogP contribution >= 0.6 is 0 Å². The number of nitrogens with two attached hydrogens (primary N) is 1. The van der Waals surface area contributed by atoms with Crippen molar-refractivity contribution in [1.29, 1.82) is 0 Å². The molecular weight excluding hydrogens is 180 g/mol. The van der Waals surface area contributed by atoms with Gasteiger partial charge >= 0.3 is 0 Å². The Morgan fingerprint density at radius 3 is 2.64 bits per heavy atom. The minimum absolute atomic E-state index is 0.0898. The van der Waals surface area contributed by atoms with Gasteiger partial charge in [-0.05, 0) is 12.3 Å². The number of carbonyl (C=O) groups is 2. The van der Waals surface area contributed by atoms with Gasteiger partial charge in [-0.3, -0.25) is 9.59 Å². The highest BCUT2D eigenvalue weighted by Gasteiger charge is 2.27. The van der Waals surface area contributed by atoms with Crippen LogP contribution in [0.4, 0.5) is 0 Å². The summed E-state index contributed by atoms with van der Waals surface area (Å²) in [5.41, 5.74) is 5.73. The van der Waals surface area contributed by atoms with Gasteiger partial charge in [0.15, 0.2) is 5.78 Å². The maximum absolute atomic E-state index is 11.7. The Bertz CT molecular complexity index is 238. The maximum atomic E-state index is 11.7. The zero-order valence-corrected chi connectivity index (χ0v) is 8.82. The number of likely N-dealkylation sites (tertiary alicyclic amines) is 1. The fourth-order valence-electron chi connectivity index (χ4n) is 1.52. The predicted octanol–water partition coefficient (Wildman–Crippen LogP) is 0.161. The molecule has 80 valence electrons. The Morgan fingerprint density at radius 1 is 1.50 bits per heavy atom. The number of Topliss-reactive ketones (excluding diaryl/α,β-unsaturated/α-hetero) is 1. The lowest BCUT2D eigenvalue weighted by atomic mass is 10.0. The van der Waals surface area contributed by atoms with Gasteiger partial charge in [-0.25, -0.2) is 0 Å². The van der Waals surface area contributed by atoms with E-state index in [1.165, 1.54) is 0 Å². The molecule has 1 aliphatic rings. The quantitative estimate of drug-likeness (QED) is 0.687. The summed E-state index contributed by atoms with van der Waals surface area (Å²) in [5.74, 6) is 0.174. The smallest absolute Gasteiger partial charge is 0.240 e. The van der Waals surface area contributed by atoms with Gasteiger partial charge in [0.1, 0.15) is 0 Å². The first-order valence-electron chi connectivity index (χ1n) is 5.08. The van der Waals surface area contributed by atoms with E-state index in [2.05, 4.69) is 0 Å². The van der Waals surface area contributed by atoms with E-state index in [1.807, 2.05) is 13.8 Å². The molecule has 0 saturated carbocycles. The fourth-order valence-corrected chi connectivity index (χ4v) is 1.52. The van der Waals surface area contributed by atoms with Crippen LogP contribution in [0.15, 0.2) is 0 Å². The minimum atomic E-state index is -0.471. The van der Waals surface area contributed by atoms with Crippen molar-refractivity contribution in [1.82, 2.24) is 4.90 Å². The second-order valence-electron chi connectivity index (χ2n) is 4.17. The van der Waals surface area contributed by atoms with Crippen molar-refractivity contribution in [3.63, 3.8) is 0 Å². The van der Waals surface area contributed by atoms with Crippen molar-refractivity contribution in [2.45, 2.75) is 32.7 Å². The Hall–Kier alpha value is -0.900. The number of nitrogens with zero attached hydrogens (tertiary/aromatic N) is 1. The summed E-state index contributed by atoms with van der Waals surface area (Å²) in [5, 5.41) is 0. The van der Waals surface area contributed by atoms with Crippen LogP contribution in [-0.4, -0.2) is 35.7 Å². The first kappa shape index (κ1) is 11.2. The molecule has 2 N–H and O–H groups in total. The van der Waals surface area contributed by atoms with E-state index >= 15 is 0 Å². The number of ketones is 1. The second kappa shape index (κ2) is 4.55. The van der Waals surface area contributed by atoms with Gasteiger partial charge < -0.3 is 10.6 Å². The third-order valence-corrected chi connectivity index (χ3v) is 2.57. The molecule has 0 spiro atoms. The van der Waals surface area contributed by atoms with Gasteiger partial charge in [0.25, 0.3) is 0 Å². The van der Waals surface area contributed by atoms with Crippen LogP contribution in [0.3, 0.4) is 0 Å². The van der Waals surface area contributed by atoms with E-state index < -0.39 is 6.04 Å². The molecule has 0 aromatic heterocycles. The third kappa shape index (κ3) is 2.54. The van der Waals surface area contributed by atoms with Gasteiger partial charge in [-0.2, -0.15) is 0 Å². The standard InChI is InChI=1S/C10H18N2O2/c1-7(2)9(11)10(14)12-5-3-4-8(13)6-12/h7,9H,3-6,11H2,1-2H3/t9-/m0/s1. The molecule has 1 atom stereocenters. The molecule has 0 bridgehead atoms. The molecule has 1 aliphatic heterocycles. The number of hydrogen-bond acceptors (Lipinski definition) is 3. The van der Waals surface area contributed by atoms with E-state index in [9.17, 15) is 9.59 Å². The summed E-state index contributed by atoms with van der Waals surface area (Å²) in [7, 11) is 0. The summed E-state index contributed by atoms with van der Waals surface area (Å²) in [6.07, 6.45) is 1.37. The molecule has 0 unspecified atom stereocenters. The molecule has 0 radical (unpaired) electrons. The van der Waals surface area contributed by atoms with Crippen LogP contribution in [0.5, 0.6) is 0 Å². The highest BCUT2D eigenvalue weighted by molar-refractivity contribution is 5.89. The van der Waals surface area contributed by atoms with Crippen molar-refractivity contribution in [2.24, 2.45) is 11.7 Å². The Kier molecular flexibility index (Phi) is 3.63. The van der Waals surface area contributed by atoms with E-state index in [1.54, 1.807) is 4.90 Å². The topological polar surface area (TPSA) is 63.4 Å². The molecule has 1 amide bonds. The van der Waals surface area contributed by atoms with Gasteiger partial charge in [0.05, 0.1) is 12.6 Å². The summed E-state index contributed by atoms with van der Waals surface area (Å²) in [6, 6.07) is -0.471. The van der Waals surface area contributed by atoms with Crippen molar-refractivity contribution < 1.29 is 9.59 Å². The fraction of sp³-hybridized carbons (Fsp3) is 0.800. The second-order valence-corrected chi connectivity index (χ2v) is 4.17. The molecule has 1 saturated heterocycles. The minimum Gasteiger partial charge on any atom is -0.334 e. The van der Waals surface area contributed by atoms with Crippen LogP contribution in [-0.2, 0) is 9.59 Å². The third-order valence-electron chi connectivity index (χ3n) is 2.57. The number of carbonyl (C=O) groups excluding carboxylic acids is 2. The lowest BCUT2D eigenvalue weighted by Gasteiger charge is -2.29. The van der Waals surface area contributed by atoms with Gasteiger partial charge in [0.2, 0.25) is 5.91 Å². The Balaban J connectivity index is 2.55. The molecule has 1 fully saturated rings. The molecule has 0 aromatic carbocycles. The first-order chi connectivity index (χ1) is 6.52. The Morgan fingerprint density at radius 2 is 2.14 bits per heavy atom. The largest absolute Gasteiger partial charge is 0.334 e. The summed E-state index contributed by atoms with van der Waals surface area (Å²) < 4.78 is 0. The maximum Gasteiger partial charge on any atom is 0.240 e. The number of piperidine rings is 1. The highest BCUT2D eigenvalue weighted by Crippen LogP contribution is 2.09. The monoisotopic (exact) mass is 198 g/mol. The van der Waals surface area contributed by atoms with Crippen molar-refractivity contribution in [3.05, 3.63) is 0 Å². The Labute approximate surface area is 84.4 Å². The zero-order valence-electron chi connectivity index (χ0n) is 8.82. The predicted molar refractivity (Wildman–Crippen MR) is 53.6 cm³/mol. The molecule has 14 heavy (non-hydrogen) atoms. The molecule has 0 aliphatic carbocycles. The lowest BCUT2D eigenvalue weighted by Crippen LogP contribution is -2.50. The van der Waals surface area contributed by atoms with Gasteiger partial charge in [0, 0.05) is 13.0 Å². The van der Waals surface area contributed by atoms with E-state index in [-0.39, 0.29) is 24.2 Å². The van der Waals surface area contributed by atoms with E-state index in [0.717, 1.165) is 6.42 Å². The number of rotatable bonds is 2. The zero-order chi connectivity index (χ0) is 10.7. The lowest BCUT2D eigenvalue weighted by molar-refractivity contribution is -0.139. The molecular formula is C10H18N2O2. The van der Waals surface area contributed by atoms with Crippen molar-refractivity contribution in [3.8, 4) is 0 Å². The molecule has 1 heterocycles. The van der Waals surface area contributed by atoms with Gasteiger partial charge in [-0.15, -0.1) is 0 Å². The summed E-state index contributed by atoms with van der Waals surface area (Å²) in [6.45, 7) is 4.74. The van der Waals surface area contributed by atoms with Crippen LogP contribution in [0.2, 0.25) is 0 Å². The molecule has 0 aromatic rings. The highest BCUT2D eigenvalue weighted by atomic mass is 16.2. The van der Waals surface area contributed by atoms with Crippen LogP contribution in [0.1, 0.15) is 26.7 Å². The molecule has 4 heteroatoms. The van der Waals surface area contributed by atoms with Crippen LogP contribution in [0, 0.1) is 5.92 Å². The SMILES string of the molecule is CC(C)[C@H](N)C(=O)N1CCCC(=O)C1. The number of amides is 1. The average Bonchev–Trinajstić information content (AvgIpc) is 2.15. The first-order valence-corrected chi connectivity index (χ1v) is 5.08. The van der Waals surface area contributed by atoms with E-state index in [0.29, 0.717) is 13.0 Å². The van der Waals surface area contributed by atoms with Crippen LogP contribution < -0.4 is 5.73 Å². The van der Waals surface area contributed by atoms with Crippen molar-refractivity contribution >= 4 is 11.7 Å². The van der Waals surface area contributed by atoms with Crippen LogP contribution in [0.25, 0.3) is 0 Å². The number of hydrogen-bond donors (Lipinski definition) is 1. The van der Waals surface area contributed by atoms with Crippen molar-refractivity contribution in [2.75, 3.05) is 13.1 Å². The van der Waals surface area contributed by atoms with Gasteiger partial charge in [-0.1, -0.05) is 13.8 Å². The van der Waals surface area contributed by atoms with E-state index in [4.69, 9.17) is 5.73 Å². The average molecular weight is 198 g/mol. The summed E-state index contributed by atoms with van der Waals surface area (Å²) in [4.78, 5) is 24.4.